The number of carbonyl (C=O) groups is 1. The topological polar surface area (TPSA) is 54.1 Å². The van der Waals surface area contributed by atoms with E-state index in [1.54, 1.807) is 12.3 Å². The third-order valence-corrected chi connectivity index (χ3v) is 7.74. The van der Waals surface area contributed by atoms with Crippen LogP contribution in [0.3, 0.4) is 0 Å². The molecule has 1 aliphatic rings. The second-order valence-corrected chi connectivity index (χ2v) is 11.2. The SMILES string of the molecule is CC(=O)c1ccc(Cc2cc3c(cc2C)C(C)(C)CCC3(C)C)o1.CCC(CC)C(C)C=N. The first-order chi connectivity index (χ1) is 15.4. The Morgan fingerprint density at radius 1 is 1.06 bits per heavy atom. The molecule has 33 heavy (non-hydrogen) atoms. The minimum atomic E-state index is -0.0219. The van der Waals surface area contributed by atoms with Crippen molar-refractivity contribution < 1.29 is 9.21 Å². The summed E-state index contributed by atoms with van der Waals surface area (Å²) in [5, 5.41) is 7.02. The lowest BCUT2D eigenvalue weighted by Crippen LogP contribution is -2.34. The zero-order valence-electron chi connectivity index (χ0n) is 22.4. The van der Waals surface area contributed by atoms with Gasteiger partial charge < -0.3 is 9.83 Å². The minimum absolute atomic E-state index is 0.0219. The highest BCUT2D eigenvalue weighted by Gasteiger charge is 2.37. The summed E-state index contributed by atoms with van der Waals surface area (Å²) >= 11 is 0. The number of rotatable bonds is 7. The van der Waals surface area contributed by atoms with Crippen molar-refractivity contribution in [3.63, 3.8) is 0 Å². The van der Waals surface area contributed by atoms with Crippen LogP contribution in [0.15, 0.2) is 28.7 Å². The van der Waals surface area contributed by atoms with Crippen LogP contribution in [0.25, 0.3) is 0 Å². The van der Waals surface area contributed by atoms with Gasteiger partial charge in [0.25, 0.3) is 0 Å². The third kappa shape index (κ3) is 6.46. The molecule has 3 heteroatoms. The van der Waals surface area contributed by atoms with Crippen molar-refractivity contribution in [2.24, 2.45) is 11.8 Å². The van der Waals surface area contributed by atoms with Crippen LogP contribution in [0, 0.1) is 24.2 Å². The van der Waals surface area contributed by atoms with Crippen LogP contribution in [0.1, 0.15) is 120 Å². The third-order valence-electron chi connectivity index (χ3n) is 7.74. The van der Waals surface area contributed by atoms with E-state index in [2.05, 4.69) is 67.5 Å². The molecule has 2 aromatic rings. The Hall–Kier alpha value is -2.16. The van der Waals surface area contributed by atoms with E-state index in [0.29, 0.717) is 11.7 Å². The summed E-state index contributed by atoms with van der Waals surface area (Å²) in [5.74, 6) is 2.48. The lowest BCUT2D eigenvalue weighted by Gasteiger charge is -2.42. The smallest absolute Gasteiger partial charge is 0.194 e. The molecule has 1 atom stereocenters. The number of benzene rings is 1. The summed E-state index contributed by atoms with van der Waals surface area (Å²) in [5.41, 5.74) is 6.01. The molecule has 1 aromatic heterocycles. The minimum Gasteiger partial charge on any atom is -0.458 e. The summed E-state index contributed by atoms with van der Waals surface area (Å²) in [6, 6.07) is 8.45. The largest absolute Gasteiger partial charge is 0.458 e. The molecule has 0 radical (unpaired) electrons. The molecule has 0 fully saturated rings. The fourth-order valence-corrected chi connectivity index (χ4v) is 4.98. The molecule has 1 aromatic carbocycles. The van der Waals surface area contributed by atoms with Gasteiger partial charge in [0.05, 0.1) is 0 Å². The maximum atomic E-state index is 11.4. The number of furan rings is 1. The van der Waals surface area contributed by atoms with Crippen LogP contribution in [0.5, 0.6) is 0 Å². The Kier molecular flexibility index (Phi) is 8.90. The Balaban J connectivity index is 0.000000365. The summed E-state index contributed by atoms with van der Waals surface area (Å²) in [7, 11) is 0. The van der Waals surface area contributed by atoms with Crippen LogP contribution in [-0.4, -0.2) is 12.0 Å². The second kappa shape index (κ2) is 10.8. The van der Waals surface area contributed by atoms with Crippen LogP contribution < -0.4 is 0 Å². The van der Waals surface area contributed by atoms with Gasteiger partial charge in [-0.1, -0.05) is 73.4 Å². The van der Waals surface area contributed by atoms with E-state index in [1.807, 2.05) is 6.07 Å². The lowest BCUT2D eigenvalue weighted by molar-refractivity contribution is 0.0985. The van der Waals surface area contributed by atoms with Gasteiger partial charge in [0.15, 0.2) is 11.5 Å². The predicted molar refractivity (Wildman–Crippen MR) is 140 cm³/mol. The first-order valence-electron chi connectivity index (χ1n) is 12.6. The molecule has 3 nitrogen and oxygen atoms in total. The molecule has 3 rings (SSSR count). The number of Topliss-reactive ketones (excluding diaryl/α,β-unsaturated/α-hetero) is 1. The van der Waals surface area contributed by atoms with Crippen LogP contribution >= 0.6 is 0 Å². The van der Waals surface area contributed by atoms with Gasteiger partial charge in [-0.3, -0.25) is 4.79 Å². The molecule has 0 aliphatic heterocycles. The first-order valence-corrected chi connectivity index (χ1v) is 12.6. The van der Waals surface area contributed by atoms with E-state index in [0.717, 1.165) is 18.1 Å². The summed E-state index contributed by atoms with van der Waals surface area (Å²) in [6.45, 7) is 19.6. The summed E-state index contributed by atoms with van der Waals surface area (Å²) < 4.78 is 5.69. The fourth-order valence-electron chi connectivity index (χ4n) is 4.98. The van der Waals surface area contributed by atoms with Gasteiger partial charge in [0.1, 0.15) is 5.76 Å². The monoisotopic (exact) mass is 451 g/mol. The van der Waals surface area contributed by atoms with E-state index < -0.39 is 0 Å². The molecule has 1 unspecified atom stereocenters. The Morgan fingerprint density at radius 2 is 1.61 bits per heavy atom. The van der Waals surface area contributed by atoms with Gasteiger partial charge in [-0.2, -0.15) is 0 Å². The highest BCUT2D eigenvalue weighted by molar-refractivity contribution is 5.91. The van der Waals surface area contributed by atoms with Gasteiger partial charge in [-0.05, 0) is 83.0 Å². The number of carbonyl (C=O) groups excluding carboxylic acids is 1. The van der Waals surface area contributed by atoms with Gasteiger partial charge in [-0.25, -0.2) is 0 Å². The maximum absolute atomic E-state index is 11.4. The predicted octanol–water partition coefficient (Wildman–Crippen LogP) is 8.44. The van der Waals surface area contributed by atoms with E-state index in [9.17, 15) is 4.79 Å². The van der Waals surface area contributed by atoms with Crippen molar-refractivity contribution in [2.45, 2.75) is 105 Å². The normalized spacial score (nSPS) is 17.0. The molecule has 0 saturated carbocycles. The molecule has 1 N–H and O–H groups in total. The number of nitrogens with one attached hydrogen (secondary N) is 1. The van der Waals surface area contributed by atoms with E-state index >= 15 is 0 Å². The first kappa shape index (κ1) is 27.1. The van der Waals surface area contributed by atoms with Gasteiger partial charge in [-0.15, -0.1) is 0 Å². The standard InChI is InChI=1S/C22H28O2.C8H17N/c1-14-11-18-19(22(5,6)10-9-21(18,3)4)13-16(14)12-17-7-8-20(24-17)15(2)23;1-4-8(5-2)7(3)6-9/h7-8,11,13H,9-10,12H2,1-6H3;6-9H,4-5H2,1-3H3. The van der Waals surface area contributed by atoms with Crippen molar-refractivity contribution in [3.8, 4) is 0 Å². The zero-order valence-corrected chi connectivity index (χ0v) is 22.4. The second-order valence-electron chi connectivity index (χ2n) is 11.2. The highest BCUT2D eigenvalue weighted by Crippen LogP contribution is 2.46. The van der Waals surface area contributed by atoms with Crippen molar-refractivity contribution in [3.05, 3.63) is 58.0 Å². The molecular formula is C30H45NO2. The average Bonchev–Trinajstić information content (AvgIpc) is 3.23. The molecule has 0 spiro atoms. The molecule has 0 amide bonds. The van der Waals surface area contributed by atoms with Gasteiger partial charge >= 0.3 is 0 Å². The Labute approximate surface area is 201 Å². The zero-order chi connectivity index (χ0) is 25.0. The molecule has 0 bridgehead atoms. The number of hydrogen-bond acceptors (Lipinski definition) is 3. The summed E-state index contributed by atoms with van der Waals surface area (Å²) in [6.07, 6.45) is 7.14. The van der Waals surface area contributed by atoms with E-state index in [-0.39, 0.29) is 16.6 Å². The fraction of sp³-hybridized carbons (Fsp3) is 0.600. The quantitative estimate of drug-likeness (QED) is 0.339. The highest BCUT2D eigenvalue weighted by atomic mass is 16.3. The van der Waals surface area contributed by atoms with Gasteiger partial charge in [0, 0.05) is 13.3 Å². The number of fused-ring (bicyclic) bond motifs is 1. The Bertz CT molecular complexity index is 960. The molecule has 182 valence electrons. The van der Waals surface area contributed by atoms with Crippen LogP contribution in [0.4, 0.5) is 0 Å². The molecule has 1 heterocycles. The van der Waals surface area contributed by atoms with Gasteiger partial charge in [0.2, 0.25) is 0 Å². The Morgan fingerprint density at radius 3 is 2.03 bits per heavy atom. The molecular weight excluding hydrogens is 406 g/mol. The maximum Gasteiger partial charge on any atom is 0.194 e. The number of hydrogen-bond donors (Lipinski definition) is 1. The van der Waals surface area contributed by atoms with E-state index in [1.165, 1.54) is 54.9 Å². The van der Waals surface area contributed by atoms with Crippen molar-refractivity contribution in [2.75, 3.05) is 0 Å². The van der Waals surface area contributed by atoms with Crippen LogP contribution in [0.2, 0.25) is 0 Å². The van der Waals surface area contributed by atoms with Crippen molar-refractivity contribution in [1.82, 2.24) is 0 Å². The molecule has 1 aliphatic carbocycles. The number of ketones is 1. The summed E-state index contributed by atoms with van der Waals surface area (Å²) in [4.78, 5) is 11.4. The van der Waals surface area contributed by atoms with Crippen molar-refractivity contribution >= 4 is 12.0 Å². The average molecular weight is 452 g/mol. The van der Waals surface area contributed by atoms with Crippen molar-refractivity contribution in [1.29, 1.82) is 5.41 Å². The lowest BCUT2D eigenvalue weighted by atomic mass is 9.62. The molecule has 0 saturated heterocycles. The number of aryl methyl sites for hydroxylation is 1. The van der Waals surface area contributed by atoms with E-state index in [4.69, 9.17) is 9.83 Å². The van der Waals surface area contributed by atoms with Crippen LogP contribution in [-0.2, 0) is 17.3 Å².